The fourth-order valence-electron chi connectivity index (χ4n) is 3.48. The Kier molecular flexibility index (Phi) is 5.06. The van der Waals surface area contributed by atoms with Gasteiger partial charge in [-0.15, -0.1) is 11.8 Å². The van der Waals surface area contributed by atoms with Gasteiger partial charge in [-0.25, -0.2) is 0 Å². The molecule has 2 amide bonds. The predicted octanol–water partition coefficient (Wildman–Crippen LogP) is 4.36. The summed E-state index contributed by atoms with van der Waals surface area (Å²) in [5.74, 6) is -0.698. The normalized spacial score (nSPS) is 19.8. The number of rotatable bonds is 5. The topological polar surface area (TPSA) is 58.2 Å². The number of hydrogen-bond donors (Lipinski definition) is 2. The molecule has 1 unspecified atom stereocenters. The van der Waals surface area contributed by atoms with Crippen LogP contribution in [0.5, 0.6) is 0 Å². The summed E-state index contributed by atoms with van der Waals surface area (Å²) < 4.78 is 38.5. The van der Waals surface area contributed by atoms with E-state index in [1.807, 2.05) is 18.2 Å². The first-order valence-electron chi connectivity index (χ1n) is 9.28. The van der Waals surface area contributed by atoms with Crippen LogP contribution in [0.4, 0.5) is 18.9 Å². The van der Waals surface area contributed by atoms with Crippen molar-refractivity contribution in [1.82, 2.24) is 5.32 Å². The molecule has 0 saturated heterocycles. The molecule has 1 heterocycles. The predicted molar refractivity (Wildman–Crippen MR) is 105 cm³/mol. The highest BCUT2D eigenvalue weighted by Gasteiger charge is 2.44. The largest absolute Gasteiger partial charge is 0.416 e. The summed E-state index contributed by atoms with van der Waals surface area (Å²) in [5.41, 5.74) is 0.482. The number of carbonyl (C=O) groups excluding carboxylic acids is 2. The van der Waals surface area contributed by atoms with Crippen LogP contribution in [0.25, 0.3) is 0 Å². The van der Waals surface area contributed by atoms with E-state index in [0.29, 0.717) is 11.4 Å². The van der Waals surface area contributed by atoms with E-state index in [2.05, 4.69) is 22.8 Å². The number of nitrogens with one attached hydrogen (secondary N) is 2. The molecule has 0 bridgehead atoms. The Labute approximate surface area is 170 Å². The molecule has 0 spiro atoms. The number of anilines is 1. The molecule has 2 aromatic carbocycles. The number of thioether (sulfide) groups is 1. The van der Waals surface area contributed by atoms with E-state index in [1.54, 1.807) is 0 Å². The lowest BCUT2D eigenvalue weighted by molar-refractivity contribution is -0.137. The second-order valence-corrected chi connectivity index (χ2v) is 8.68. The molecule has 29 heavy (non-hydrogen) atoms. The molecule has 0 aromatic heterocycles. The third kappa shape index (κ3) is 4.27. The van der Waals surface area contributed by atoms with Crippen LogP contribution in [-0.4, -0.2) is 23.6 Å². The molecule has 8 heteroatoms. The fourth-order valence-corrected chi connectivity index (χ4v) is 4.57. The van der Waals surface area contributed by atoms with Gasteiger partial charge >= 0.3 is 6.18 Å². The standard InChI is InChI=1S/C21H19F3N2O2S/c22-21(23,24)14-6-7-16-15(10-14)26-19(28)17(29-16)11-18(27)25-12-20(8-9-20)13-4-2-1-3-5-13/h1-7,10,17H,8-9,11-12H2,(H,25,27)(H,26,28). The number of fused-ring (bicyclic) bond motifs is 1. The average molecular weight is 420 g/mol. The van der Waals surface area contributed by atoms with Gasteiger partial charge < -0.3 is 10.6 Å². The Morgan fingerprint density at radius 1 is 1.17 bits per heavy atom. The van der Waals surface area contributed by atoms with E-state index >= 15 is 0 Å². The molecule has 1 atom stereocenters. The zero-order valence-electron chi connectivity index (χ0n) is 15.4. The molecule has 1 fully saturated rings. The van der Waals surface area contributed by atoms with Gasteiger partial charge in [0.1, 0.15) is 0 Å². The van der Waals surface area contributed by atoms with Gasteiger partial charge in [0.2, 0.25) is 11.8 Å². The molecule has 152 valence electrons. The van der Waals surface area contributed by atoms with E-state index in [-0.39, 0.29) is 23.4 Å². The first kappa shape index (κ1) is 19.8. The SMILES string of the molecule is O=C(CC1Sc2ccc(C(F)(F)F)cc2NC1=O)NCC1(c2ccccc2)CC1. The summed E-state index contributed by atoms with van der Waals surface area (Å²) in [4.78, 5) is 25.2. The summed E-state index contributed by atoms with van der Waals surface area (Å²) in [5, 5.41) is 4.75. The molecule has 1 saturated carbocycles. The number of hydrogen-bond acceptors (Lipinski definition) is 3. The minimum atomic E-state index is -4.47. The van der Waals surface area contributed by atoms with Crippen molar-refractivity contribution in [3.05, 3.63) is 59.7 Å². The second kappa shape index (κ2) is 7.40. The Hall–Kier alpha value is -2.48. The van der Waals surface area contributed by atoms with Crippen LogP contribution < -0.4 is 10.6 Å². The van der Waals surface area contributed by atoms with E-state index in [4.69, 9.17) is 0 Å². The lowest BCUT2D eigenvalue weighted by Gasteiger charge is -2.25. The number of halogens is 3. The maximum Gasteiger partial charge on any atom is 0.416 e. The average Bonchev–Trinajstić information content (AvgIpc) is 3.48. The summed E-state index contributed by atoms with van der Waals surface area (Å²) >= 11 is 1.12. The molecular formula is C21H19F3N2O2S. The number of amides is 2. The Balaban J connectivity index is 1.37. The molecule has 0 radical (unpaired) electrons. The van der Waals surface area contributed by atoms with Crippen molar-refractivity contribution in [1.29, 1.82) is 0 Å². The van der Waals surface area contributed by atoms with Crippen LogP contribution >= 0.6 is 11.8 Å². The third-order valence-corrected chi connectivity index (χ3v) is 6.64. The quantitative estimate of drug-likeness (QED) is 0.756. The van der Waals surface area contributed by atoms with E-state index in [0.717, 1.165) is 36.7 Å². The Bertz CT molecular complexity index is 943. The summed E-state index contributed by atoms with van der Waals surface area (Å²) in [7, 11) is 0. The number of benzene rings is 2. The minimum Gasteiger partial charge on any atom is -0.355 e. The van der Waals surface area contributed by atoms with Crippen molar-refractivity contribution in [2.24, 2.45) is 0 Å². The molecular weight excluding hydrogens is 401 g/mol. The summed E-state index contributed by atoms with van der Waals surface area (Å²) in [6.07, 6.45) is -2.49. The Morgan fingerprint density at radius 2 is 1.90 bits per heavy atom. The van der Waals surface area contributed by atoms with Crippen LogP contribution in [0.2, 0.25) is 0 Å². The summed E-state index contributed by atoms with van der Waals surface area (Å²) in [6.45, 7) is 0.514. The molecule has 2 aromatic rings. The lowest BCUT2D eigenvalue weighted by atomic mass is 9.96. The first-order valence-corrected chi connectivity index (χ1v) is 10.2. The first-order chi connectivity index (χ1) is 13.8. The fraction of sp³-hybridized carbons (Fsp3) is 0.333. The molecule has 1 aliphatic heterocycles. The van der Waals surface area contributed by atoms with Gasteiger partial charge in [-0.05, 0) is 36.6 Å². The van der Waals surface area contributed by atoms with Crippen molar-refractivity contribution in [2.75, 3.05) is 11.9 Å². The highest BCUT2D eigenvalue weighted by atomic mass is 32.2. The monoisotopic (exact) mass is 420 g/mol. The highest BCUT2D eigenvalue weighted by Crippen LogP contribution is 2.47. The van der Waals surface area contributed by atoms with Gasteiger partial charge in [0.05, 0.1) is 16.5 Å². The van der Waals surface area contributed by atoms with E-state index in [1.165, 1.54) is 11.6 Å². The van der Waals surface area contributed by atoms with Gasteiger partial charge in [0.25, 0.3) is 0 Å². The van der Waals surface area contributed by atoms with Crippen molar-refractivity contribution in [3.63, 3.8) is 0 Å². The van der Waals surface area contributed by atoms with Crippen molar-refractivity contribution >= 4 is 29.3 Å². The van der Waals surface area contributed by atoms with Crippen molar-refractivity contribution in [3.8, 4) is 0 Å². The van der Waals surface area contributed by atoms with Crippen molar-refractivity contribution < 1.29 is 22.8 Å². The van der Waals surface area contributed by atoms with Crippen LogP contribution in [0.3, 0.4) is 0 Å². The zero-order chi connectivity index (χ0) is 20.6. The van der Waals surface area contributed by atoms with Crippen LogP contribution in [-0.2, 0) is 21.2 Å². The van der Waals surface area contributed by atoms with Gasteiger partial charge in [-0.1, -0.05) is 30.3 Å². The summed E-state index contributed by atoms with van der Waals surface area (Å²) in [6, 6.07) is 13.2. The lowest BCUT2D eigenvalue weighted by Crippen LogP contribution is -2.37. The zero-order valence-corrected chi connectivity index (χ0v) is 16.2. The molecule has 1 aliphatic carbocycles. The minimum absolute atomic E-state index is 0.0260. The maximum atomic E-state index is 12.8. The maximum absolute atomic E-state index is 12.8. The van der Waals surface area contributed by atoms with Gasteiger partial charge in [0, 0.05) is 23.3 Å². The molecule has 2 N–H and O–H groups in total. The Morgan fingerprint density at radius 3 is 2.55 bits per heavy atom. The number of alkyl halides is 3. The smallest absolute Gasteiger partial charge is 0.355 e. The van der Waals surface area contributed by atoms with Crippen LogP contribution in [0.15, 0.2) is 53.4 Å². The third-order valence-electron chi connectivity index (χ3n) is 5.36. The second-order valence-electron chi connectivity index (χ2n) is 7.43. The molecule has 2 aliphatic rings. The van der Waals surface area contributed by atoms with E-state index in [9.17, 15) is 22.8 Å². The van der Waals surface area contributed by atoms with Gasteiger partial charge in [-0.3, -0.25) is 9.59 Å². The van der Waals surface area contributed by atoms with Crippen LogP contribution in [0.1, 0.15) is 30.4 Å². The van der Waals surface area contributed by atoms with Crippen LogP contribution in [0, 0.1) is 0 Å². The van der Waals surface area contributed by atoms with Crippen molar-refractivity contribution in [2.45, 2.75) is 41.0 Å². The van der Waals surface area contributed by atoms with Gasteiger partial charge in [-0.2, -0.15) is 13.2 Å². The highest BCUT2D eigenvalue weighted by molar-refractivity contribution is 8.01. The molecule has 4 rings (SSSR count). The number of carbonyl (C=O) groups is 2. The van der Waals surface area contributed by atoms with E-state index < -0.39 is 22.9 Å². The van der Waals surface area contributed by atoms with Gasteiger partial charge in [0.15, 0.2) is 0 Å². The molecule has 4 nitrogen and oxygen atoms in total.